The predicted molar refractivity (Wildman–Crippen MR) is 103 cm³/mol. The summed E-state index contributed by atoms with van der Waals surface area (Å²) in [5.74, 6) is 0.780. The molecule has 0 aromatic heterocycles. The Morgan fingerprint density at radius 1 is 1.35 bits per heavy atom. The van der Waals surface area contributed by atoms with Crippen molar-refractivity contribution < 1.29 is 4.92 Å². The number of nitro benzene ring substituents is 1. The molecule has 1 fully saturated rings. The minimum atomic E-state index is -0.351. The lowest BCUT2D eigenvalue weighted by Gasteiger charge is -2.62. The van der Waals surface area contributed by atoms with E-state index in [2.05, 4.69) is 42.9 Å². The highest BCUT2D eigenvalue weighted by atomic mass is 127. The highest BCUT2D eigenvalue weighted by molar-refractivity contribution is 14.0. The monoisotopic (exact) mass is 432 g/mol. The number of benzene rings is 1. The van der Waals surface area contributed by atoms with Gasteiger partial charge in [0.05, 0.1) is 4.92 Å². The summed E-state index contributed by atoms with van der Waals surface area (Å²) in [5.41, 5.74) is 1.00. The van der Waals surface area contributed by atoms with Gasteiger partial charge in [-0.3, -0.25) is 15.1 Å². The van der Waals surface area contributed by atoms with Crippen LogP contribution in [0.3, 0.4) is 0 Å². The summed E-state index contributed by atoms with van der Waals surface area (Å²) in [6.07, 6.45) is 0. The maximum absolute atomic E-state index is 11.1. The highest BCUT2D eigenvalue weighted by Crippen LogP contribution is 2.46. The van der Waals surface area contributed by atoms with Crippen molar-refractivity contribution in [2.45, 2.75) is 39.8 Å². The summed E-state index contributed by atoms with van der Waals surface area (Å²) in [7, 11) is 1.74. The number of guanidine groups is 1. The normalized spacial score (nSPS) is 18.7. The van der Waals surface area contributed by atoms with Crippen molar-refractivity contribution in [3.05, 3.63) is 39.9 Å². The van der Waals surface area contributed by atoms with Gasteiger partial charge in [0.2, 0.25) is 0 Å². The van der Waals surface area contributed by atoms with E-state index in [1.54, 1.807) is 19.2 Å². The van der Waals surface area contributed by atoms with Crippen LogP contribution in [-0.4, -0.2) is 34.9 Å². The fourth-order valence-corrected chi connectivity index (χ4v) is 2.71. The Bertz CT molecular complexity index is 614. The van der Waals surface area contributed by atoms with Crippen LogP contribution < -0.4 is 5.32 Å². The summed E-state index contributed by atoms with van der Waals surface area (Å²) in [6, 6.07) is 6.78. The van der Waals surface area contributed by atoms with Gasteiger partial charge in [0, 0.05) is 42.7 Å². The van der Waals surface area contributed by atoms with E-state index in [9.17, 15) is 10.1 Å². The molecule has 1 heterocycles. The molecule has 1 aliphatic heterocycles. The number of para-hydroxylation sites is 1. The zero-order valence-corrected chi connectivity index (χ0v) is 16.6. The molecule has 1 saturated heterocycles. The fourth-order valence-electron chi connectivity index (χ4n) is 2.71. The van der Waals surface area contributed by atoms with Gasteiger partial charge in [0.1, 0.15) is 0 Å². The van der Waals surface area contributed by atoms with E-state index in [0.29, 0.717) is 12.1 Å². The maximum atomic E-state index is 11.1. The molecule has 0 saturated carbocycles. The van der Waals surface area contributed by atoms with Gasteiger partial charge in [-0.25, -0.2) is 0 Å². The number of halogens is 1. The Hall–Kier alpha value is -1.38. The number of hydrogen-bond donors (Lipinski definition) is 1. The second-order valence-electron chi connectivity index (χ2n) is 6.82. The Morgan fingerprint density at radius 3 is 2.43 bits per heavy atom. The first-order valence-corrected chi connectivity index (χ1v) is 7.41. The quantitative estimate of drug-likeness (QED) is 0.261. The first-order chi connectivity index (χ1) is 10.2. The number of aliphatic imine (C=N–C) groups is 1. The van der Waals surface area contributed by atoms with Gasteiger partial charge < -0.3 is 10.2 Å². The lowest BCUT2D eigenvalue weighted by molar-refractivity contribution is -0.385. The standard InChI is InChI=1S/C16H24N4O2.HI/c1-15(2)11-19(16(15,3)4)14(17-5)18-10-12-8-6-7-9-13(12)20(21)22;/h6-9H,10-11H2,1-5H3,(H,17,18);1H. The van der Waals surface area contributed by atoms with E-state index in [4.69, 9.17) is 0 Å². The molecule has 7 heteroatoms. The van der Waals surface area contributed by atoms with Crippen LogP contribution in [-0.2, 0) is 6.54 Å². The van der Waals surface area contributed by atoms with Gasteiger partial charge in [0.25, 0.3) is 5.69 Å². The van der Waals surface area contributed by atoms with Crippen LogP contribution in [0.1, 0.15) is 33.3 Å². The van der Waals surface area contributed by atoms with Crippen molar-refractivity contribution in [2.75, 3.05) is 13.6 Å². The third-order valence-corrected chi connectivity index (χ3v) is 4.98. The second kappa shape index (κ2) is 7.02. The molecule has 1 aromatic carbocycles. The molecule has 6 nitrogen and oxygen atoms in total. The Labute approximate surface area is 154 Å². The van der Waals surface area contributed by atoms with Gasteiger partial charge in [0.15, 0.2) is 5.96 Å². The van der Waals surface area contributed by atoms with E-state index < -0.39 is 0 Å². The van der Waals surface area contributed by atoms with Crippen molar-refractivity contribution in [1.82, 2.24) is 10.2 Å². The van der Waals surface area contributed by atoms with Gasteiger partial charge in [-0.05, 0) is 13.8 Å². The summed E-state index contributed by atoms with van der Waals surface area (Å²) in [6.45, 7) is 10.1. The zero-order chi connectivity index (χ0) is 16.5. The molecule has 128 valence electrons. The van der Waals surface area contributed by atoms with Crippen LogP contribution in [0.2, 0.25) is 0 Å². The van der Waals surface area contributed by atoms with E-state index >= 15 is 0 Å². The molecule has 0 radical (unpaired) electrons. The van der Waals surface area contributed by atoms with Crippen LogP contribution in [0.5, 0.6) is 0 Å². The van der Waals surface area contributed by atoms with E-state index in [1.807, 2.05) is 6.07 Å². The highest BCUT2D eigenvalue weighted by Gasteiger charge is 2.53. The number of nitrogens with zero attached hydrogens (tertiary/aromatic N) is 3. The number of nitro groups is 1. The van der Waals surface area contributed by atoms with E-state index in [1.165, 1.54) is 6.07 Å². The third kappa shape index (κ3) is 3.59. The topological polar surface area (TPSA) is 70.8 Å². The predicted octanol–water partition coefficient (Wildman–Crippen LogP) is 3.41. The molecular weight excluding hydrogens is 407 g/mol. The van der Waals surface area contributed by atoms with Gasteiger partial charge in [-0.1, -0.05) is 32.0 Å². The lowest BCUT2D eigenvalue weighted by atomic mass is 9.65. The first kappa shape index (κ1) is 19.7. The van der Waals surface area contributed by atoms with Crippen molar-refractivity contribution >= 4 is 35.6 Å². The summed E-state index contributed by atoms with van der Waals surface area (Å²) in [4.78, 5) is 17.2. The molecule has 0 aliphatic carbocycles. The number of rotatable bonds is 3. The molecular formula is C16H25IN4O2. The summed E-state index contributed by atoms with van der Waals surface area (Å²) in [5, 5.41) is 14.3. The van der Waals surface area contributed by atoms with Crippen LogP contribution in [0, 0.1) is 15.5 Å². The van der Waals surface area contributed by atoms with E-state index in [0.717, 1.165) is 12.5 Å². The van der Waals surface area contributed by atoms with Crippen molar-refractivity contribution in [3.63, 3.8) is 0 Å². The second-order valence-corrected chi connectivity index (χ2v) is 6.82. The number of nitrogens with one attached hydrogen (secondary N) is 1. The lowest BCUT2D eigenvalue weighted by Crippen LogP contribution is -2.72. The van der Waals surface area contributed by atoms with Crippen molar-refractivity contribution in [1.29, 1.82) is 0 Å². The largest absolute Gasteiger partial charge is 0.352 e. The number of likely N-dealkylation sites (tertiary alicyclic amines) is 1. The average Bonchev–Trinajstić information content (AvgIpc) is 2.46. The van der Waals surface area contributed by atoms with E-state index in [-0.39, 0.29) is 45.5 Å². The molecule has 0 amide bonds. The first-order valence-electron chi connectivity index (χ1n) is 7.41. The molecule has 1 aromatic rings. The molecule has 23 heavy (non-hydrogen) atoms. The molecule has 1 aliphatic rings. The van der Waals surface area contributed by atoms with Gasteiger partial charge in [-0.15, -0.1) is 24.0 Å². The Morgan fingerprint density at radius 2 is 1.96 bits per heavy atom. The minimum absolute atomic E-state index is 0. The van der Waals surface area contributed by atoms with Crippen LogP contribution in [0.4, 0.5) is 5.69 Å². The molecule has 1 N–H and O–H groups in total. The Balaban J connectivity index is 0.00000264. The summed E-state index contributed by atoms with van der Waals surface area (Å²) >= 11 is 0. The van der Waals surface area contributed by atoms with Gasteiger partial charge in [-0.2, -0.15) is 0 Å². The van der Waals surface area contributed by atoms with Crippen LogP contribution >= 0.6 is 24.0 Å². The van der Waals surface area contributed by atoms with Crippen molar-refractivity contribution in [3.8, 4) is 0 Å². The average molecular weight is 432 g/mol. The van der Waals surface area contributed by atoms with Gasteiger partial charge >= 0.3 is 0 Å². The Kier molecular flexibility index (Phi) is 6.00. The maximum Gasteiger partial charge on any atom is 0.274 e. The number of hydrogen-bond acceptors (Lipinski definition) is 3. The fraction of sp³-hybridized carbons (Fsp3) is 0.562. The molecule has 0 spiro atoms. The summed E-state index contributed by atoms with van der Waals surface area (Å²) < 4.78 is 0. The SMILES string of the molecule is CN=C(NCc1ccccc1[N+](=O)[O-])N1CC(C)(C)C1(C)C.I. The van der Waals surface area contributed by atoms with Crippen LogP contribution in [0.25, 0.3) is 0 Å². The minimum Gasteiger partial charge on any atom is -0.352 e. The smallest absolute Gasteiger partial charge is 0.274 e. The molecule has 2 rings (SSSR count). The molecule has 0 atom stereocenters. The zero-order valence-electron chi connectivity index (χ0n) is 14.3. The molecule has 0 bridgehead atoms. The third-order valence-electron chi connectivity index (χ3n) is 4.98. The van der Waals surface area contributed by atoms with Crippen molar-refractivity contribution in [2.24, 2.45) is 10.4 Å². The molecule has 0 unspecified atom stereocenters. The van der Waals surface area contributed by atoms with Crippen LogP contribution in [0.15, 0.2) is 29.3 Å².